The van der Waals surface area contributed by atoms with Gasteiger partial charge in [0.25, 0.3) is 5.91 Å². The number of aromatic amines is 1. The molecular formula is C12H15N5O. The first-order chi connectivity index (χ1) is 8.50. The van der Waals surface area contributed by atoms with Crippen molar-refractivity contribution in [2.24, 2.45) is 5.73 Å². The fourth-order valence-electron chi connectivity index (χ4n) is 1.90. The van der Waals surface area contributed by atoms with E-state index in [2.05, 4.69) is 20.4 Å². The van der Waals surface area contributed by atoms with Gasteiger partial charge in [0, 0.05) is 5.69 Å². The molecule has 0 radical (unpaired) electrons. The van der Waals surface area contributed by atoms with Gasteiger partial charge in [-0.1, -0.05) is 13.8 Å². The molecule has 0 saturated heterocycles. The Morgan fingerprint density at radius 1 is 1.44 bits per heavy atom. The number of nitrogens with two attached hydrogens (primary N) is 1. The van der Waals surface area contributed by atoms with Gasteiger partial charge in [0.05, 0.1) is 11.8 Å². The molecule has 6 nitrogen and oxygen atoms in total. The minimum absolute atomic E-state index is 0.280. The molecule has 0 saturated carbocycles. The third-order valence-corrected chi connectivity index (χ3v) is 2.80. The van der Waals surface area contributed by atoms with Crippen molar-refractivity contribution in [3.05, 3.63) is 29.1 Å². The van der Waals surface area contributed by atoms with Crippen molar-refractivity contribution in [3.8, 4) is 11.4 Å². The van der Waals surface area contributed by atoms with Crippen molar-refractivity contribution in [1.29, 1.82) is 0 Å². The third kappa shape index (κ3) is 2.09. The van der Waals surface area contributed by atoms with Gasteiger partial charge in [-0.15, -0.1) is 0 Å². The summed E-state index contributed by atoms with van der Waals surface area (Å²) in [6.45, 7) is 6.00. The number of carbonyl (C=O) groups is 1. The molecule has 1 amide bonds. The van der Waals surface area contributed by atoms with Crippen LogP contribution in [0.5, 0.6) is 0 Å². The Balaban J connectivity index is 2.67. The van der Waals surface area contributed by atoms with Crippen molar-refractivity contribution in [3.63, 3.8) is 0 Å². The number of hydrogen-bond acceptors (Lipinski definition) is 4. The summed E-state index contributed by atoms with van der Waals surface area (Å²) >= 11 is 0. The van der Waals surface area contributed by atoms with E-state index in [9.17, 15) is 4.79 Å². The molecule has 6 heteroatoms. The monoisotopic (exact) mass is 245 g/mol. The van der Waals surface area contributed by atoms with Crippen molar-refractivity contribution in [2.45, 2.75) is 26.7 Å². The number of H-pyrrole nitrogens is 1. The van der Waals surface area contributed by atoms with E-state index in [4.69, 9.17) is 5.73 Å². The highest BCUT2D eigenvalue weighted by atomic mass is 16.1. The Morgan fingerprint density at radius 3 is 2.67 bits per heavy atom. The highest BCUT2D eigenvalue weighted by molar-refractivity contribution is 5.98. The van der Waals surface area contributed by atoms with Crippen LogP contribution in [0.4, 0.5) is 0 Å². The van der Waals surface area contributed by atoms with Crippen molar-refractivity contribution in [1.82, 2.24) is 20.4 Å². The number of amides is 1. The molecule has 3 N–H and O–H groups in total. The molecule has 0 bridgehead atoms. The van der Waals surface area contributed by atoms with Crippen LogP contribution in [0.25, 0.3) is 11.4 Å². The fourth-order valence-corrected chi connectivity index (χ4v) is 1.90. The second-order valence-corrected chi connectivity index (χ2v) is 4.43. The summed E-state index contributed by atoms with van der Waals surface area (Å²) in [6, 6.07) is 1.79. The van der Waals surface area contributed by atoms with Gasteiger partial charge in [-0.05, 0) is 24.5 Å². The van der Waals surface area contributed by atoms with Gasteiger partial charge < -0.3 is 5.73 Å². The number of carbonyl (C=O) groups excluding carboxylic acids is 1. The van der Waals surface area contributed by atoms with Crippen molar-refractivity contribution >= 4 is 5.91 Å². The number of aryl methyl sites for hydroxylation is 1. The predicted octanol–water partition coefficient (Wildman–Crippen LogP) is 1.40. The molecule has 0 aliphatic heterocycles. The van der Waals surface area contributed by atoms with E-state index in [0.29, 0.717) is 17.0 Å². The minimum Gasteiger partial charge on any atom is -0.366 e. The molecule has 0 aliphatic carbocycles. The predicted molar refractivity (Wildman–Crippen MR) is 67.0 cm³/mol. The Labute approximate surface area is 105 Å². The zero-order valence-corrected chi connectivity index (χ0v) is 10.6. The summed E-state index contributed by atoms with van der Waals surface area (Å²) in [6.07, 6.45) is 1.52. The van der Waals surface area contributed by atoms with Crippen molar-refractivity contribution < 1.29 is 4.79 Å². The first kappa shape index (κ1) is 12.2. The zero-order valence-electron chi connectivity index (χ0n) is 10.6. The van der Waals surface area contributed by atoms with E-state index in [0.717, 1.165) is 11.3 Å². The first-order valence-electron chi connectivity index (χ1n) is 5.68. The largest absolute Gasteiger partial charge is 0.366 e. The minimum atomic E-state index is -0.512. The SMILES string of the molecule is Cc1nc(-c2cn[nH]n2)c(C(N)=O)cc1C(C)C. The summed E-state index contributed by atoms with van der Waals surface area (Å²) in [5.41, 5.74) is 8.64. The number of nitrogens with one attached hydrogen (secondary N) is 1. The lowest BCUT2D eigenvalue weighted by molar-refractivity contribution is 0.100. The molecule has 0 spiro atoms. The van der Waals surface area contributed by atoms with Crippen LogP contribution < -0.4 is 5.73 Å². The zero-order chi connectivity index (χ0) is 13.3. The Bertz CT molecular complexity index is 574. The number of rotatable bonds is 3. The van der Waals surface area contributed by atoms with Gasteiger partial charge in [-0.2, -0.15) is 15.4 Å². The molecule has 0 unspecified atom stereocenters. The molecule has 94 valence electrons. The fraction of sp³-hybridized carbons (Fsp3) is 0.333. The van der Waals surface area contributed by atoms with Crippen LogP contribution in [0.2, 0.25) is 0 Å². The maximum absolute atomic E-state index is 11.5. The van der Waals surface area contributed by atoms with Crippen LogP contribution in [0.15, 0.2) is 12.3 Å². The normalized spacial score (nSPS) is 10.9. The quantitative estimate of drug-likeness (QED) is 0.853. The van der Waals surface area contributed by atoms with Crippen LogP contribution in [0, 0.1) is 6.92 Å². The van der Waals surface area contributed by atoms with E-state index >= 15 is 0 Å². The van der Waals surface area contributed by atoms with E-state index < -0.39 is 5.91 Å². The standard InChI is InChI=1S/C12H15N5O/c1-6(2)8-4-9(12(13)18)11(15-7(8)3)10-5-14-17-16-10/h4-6H,1-3H3,(H2,13,18)(H,14,16,17). The first-order valence-corrected chi connectivity index (χ1v) is 5.68. The average Bonchev–Trinajstić information content (AvgIpc) is 2.80. The summed E-state index contributed by atoms with van der Waals surface area (Å²) < 4.78 is 0. The maximum atomic E-state index is 11.5. The number of nitrogens with zero attached hydrogens (tertiary/aromatic N) is 3. The van der Waals surface area contributed by atoms with Crippen LogP contribution in [-0.2, 0) is 0 Å². The van der Waals surface area contributed by atoms with E-state index in [1.54, 1.807) is 6.07 Å². The maximum Gasteiger partial charge on any atom is 0.250 e. The van der Waals surface area contributed by atoms with Crippen LogP contribution in [0.3, 0.4) is 0 Å². The second-order valence-electron chi connectivity index (χ2n) is 4.43. The lowest BCUT2D eigenvalue weighted by atomic mass is 9.97. The number of pyridine rings is 1. The van der Waals surface area contributed by atoms with E-state index in [-0.39, 0.29) is 5.92 Å². The van der Waals surface area contributed by atoms with Crippen LogP contribution >= 0.6 is 0 Å². The van der Waals surface area contributed by atoms with Gasteiger partial charge in [-0.3, -0.25) is 9.78 Å². The summed E-state index contributed by atoms with van der Waals surface area (Å²) in [5.74, 6) is -0.232. The highest BCUT2D eigenvalue weighted by Crippen LogP contribution is 2.25. The third-order valence-electron chi connectivity index (χ3n) is 2.80. The number of hydrogen-bond donors (Lipinski definition) is 2. The molecule has 18 heavy (non-hydrogen) atoms. The van der Waals surface area contributed by atoms with Crippen LogP contribution in [0.1, 0.15) is 41.4 Å². The Kier molecular flexibility index (Phi) is 3.10. The van der Waals surface area contributed by atoms with Gasteiger partial charge in [0.15, 0.2) is 0 Å². The second kappa shape index (κ2) is 4.56. The van der Waals surface area contributed by atoms with Crippen LogP contribution in [-0.4, -0.2) is 26.3 Å². The Hall–Kier alpha value is -2.24. The summed E-state index contributed by atoms with van der Waals surface area (Å²) in [5, 5.41) is 10.2. The molecule has 0 fully saturated rings. The number of aromatic nitrogens is 4. The molecule has 2 heterocycles. The highest BCUT2D eigenvalue weighted by Gasteiger charge is 2.18. The molecule has 0 aliphatic rings. The molecule has 0 atom stereocenters. The lowest BCUT2D eigenvalue weighted by Crippen LogP contribution is -2.15. The summed E-state index contributed by atoms with van der Waals surface area (Å²) in [4.78, 5) is 16.0. The van der Waals surface area contributed by atoms with Crippen molar-refractivity contribution in [2.75, 3.05) is 0 Å². The lowest BCUT2D eigenvalue weighted by Gasteiger charge is -2.12. The summed E-state index contributed by atoms with van der Waals surface area (Å²) in [7, 11) is 0. The molecule has 2 aromatic heterocycles. The van der Waals surface area contributed by atoms with Gasteiger partial charge in [0.1, 0.15) is 11.4 Å². The van der Waals surface area contributed by atoms with E-state index in [1.165, 1.54) is 6.20 Å². The smallest absolute Gasteiger partial charge is 0.250 e. The van der Waals surface area contributed by atoms with Gasteiger partial charge in [-0.25, -0.2) is 0 Å². The topological polar surface area (TPSA) is 97.6 Å². The van der Waals surface area contributed by atoms with Gasteiger partial charge >= 0.3 is 0 Å². The number of primary amides is 1. The van der Waals surface area contributed by atoms with E-state index in [1.807, 2.05) is 20.8 Å². The molecule has 0 aromatic carbocycles. The Morgan fingerprint density at radius 2 is 2.17 bits per heavy atom. The molecule has 2 aromatic rings. The average molecular weight is 245 g/mol. The molecule has 2 rings (SSSR count). The molecular weight excluding hydrogens is 230 g/mol. The van der Waals surface area contributed by atoms with Gasteiger partial charge in [0.2, 0.25) is 0 Å².